The monoisotopic (exact) mass is 475 g/mol. The van der Waals surface area contributed by atoms with E-state index in [0.29, 0.717) is 37.3 Å². The molecule has 35 heavy (non-hydrogen) atoms. The Balaban J connectivity index is 1.73. The van der Waals surface area contributed by atoms with Crippen LogP contribution in [0.1, 0.15) is 24.4 Å². The maximum Gasteiger partial charge on any atom is 0.251 e. The molecule has 0 radical (unpaired) electrons. The third-order valence-electron chi connectivity index (χ3n) is 5.45. The molecule has 0 saturated carbocycles. The van der Waals surface area contributed by atoms with Gasteiger partial charge in [0.1, 0.15) is 12.5 Å². The summed E-state index contributed by atoms with van der Waals surface area (Å²) >= 11 is 0. The topological polar surface area (TPSA) is 143 Å². The van der Waals surface area contributed by atoms with Crippen LogP contribution >= 0.6 is 0 Å². The first-order valence-electron chi connectivity index (χ1n) is 11.5. The summed E-state index contributed by atoms with van der Waals surface area (Å²) < 4.78 is 0. The molecule has 1 heterocycles. The van der Waals surface area contributed by atoms with Gasteiger partial charge in [-0.05, 0) is 17.7 Å². The minimum atomic E-state index is -1.13. The highest BCUT2D eigenvalue weighted by Crippen LogP contribution is 2.19. The molecule has 182 valence electrons. The van der Waals surface area contributed by atoms with E-state index in [1.165, 1.54) is 4.90 Å². The predicted octanol–water partition coefficient (Wildman–Crippen LogP) is 1.76. The predicted molar refractivity (Wildman–Crippen MR) is 136 cm³/mol. The molecule has 0 aliphatic carbocycles. The summed E-state index contributed by atoms with van der Waals surface area (Å²) in [5.41, 5.74) is 13.5. The van der Waals surface area contributed by atoms with E-state index >= 15 is 0 Å². The maximum absolute atomic E-state index is 13.2. The zero-order valence-corrected chi connectivity index (χ0v) is 19.5. The first-order valence-corrected chi connectivity index (χ1v) is 11.5. The zero-order valence-electron chi connectivity index (χ0n) is 19.5. The van der Waals surface area contributed by atoms with Gasteiger partial charge in [0.05, 0.1) is 43.3 Å². The summed E-state index contributed by atoms with van der Waals surface area (Å²) in [5.74, 6) is -1.35. The molecule has 0 fully saturated rings. The Kier molecular flexibility index (Phi) is 9.16. The van der Waals surface area contributed by atoms with Crippen LogP contribution in [0.15, 0.2) is 66.9 Å². The van der Waals surface area contributed by atoms with Gasteiger partial charge >= 0.3 is 0 Å². The summed E-state index contributed by atoms with van der Waals surface area (Å²) in [6.45, 7) is 4.84. The van der Waals surface area contributed by atoms with Gasteiger partial charge in [-0.25, -0.2) is 0 Å². The fourth-order valence-electron chi connectivity index (χ4n) is 3.67. The van der Waals surface area contributed by atoms with Crippen molar-refractivity contribution in [3.05, 3.63) is 79.3 Å². The van der Waals surface area contributed by atoms with E-state index in [0.717, 1.165) is 10.9 Å². The lowest BCUT2D eigenvalue weighted by Crippen LogP contribution is -2.48. The van der Waals surface area contributed by atoms with Gasteiger partial charge in [0.2, 0.25) is 11.8 Å². The van der Waals surface area contributed by atoms with Gasteiger partial charge in [0.15, 0.2) is 0 Å². The average molecular weight is 476 g/mol. The van der Waals surface area contributed by atoms with Crippen molar-refractivity contribution in [2.24, 2.45) is 11.5 Å². The highest BCUT2D eigenvalue weighted by Gasteiger charge is 2.27. The normalized spacial score (nSPS) is 12.5. The van der Waals surface area contributed by atoms with Crippen molar-refractivity contribution >= 4 is 34.3 Å². The van der Waals surface area contributed by atoms with Crippen molar-refractivity contribution in [2.75, 3.05) is 25.0 Å². The van der Waals surface area contributed by atoms with Crippen LogP contribution < -0.4 is 22.1 Å². The Morgan fingerprint density at radius 2 is 1.71 bits per heavy atom. The molecule has 9 heteroatoms. The van der Waals surface area contributed by atoms with Crippen LogP contribution in [0.4, 0.5) is 5.69 Å². The molecule has 0 spiro atoms. The summed E-state index contributed by atoms with van der Waals surface area (Å²) in [4.78, 5) is 44.6. The molecule has 9 nitrogen and oxygen atoms in total. The van der Waals surface area contributed by atoms with Crippen molar-refractivity contribution in [3.8, 4) is 0 Å². The Hall–Kier alpha value is -3.95. The highest BCUT2D eigenvalue weighted by atomic mass is 16.2. The molecule has 3 rings (SSSR count). The minimum Gasteiger partial charge on any atom is -0.339 e. The summed E-state index contributed by atoms with van der Waals surface area (Å²) in [6, 6.07) is 16.0. The molecule has 2 aromatic carbocycles. The van der Waals surface area contributed by atoms with Crippen molar-refractivity contribution in [2.45, 2.75) is 24.9 Å². The SMILES string of the molecule is [CH2+]CCN(CCN)C(=O)CC(N)C(=O)NC(C(=O)Nc1cnc2ccccc2c1)c1ccccc1. The van der Waals surface area contributed by atoms with Crippen LogP contribution in [0.2, 0.25) is 0 Å². The van der Waals surface area contributed by atoms with Gasteiger partial charge in [0, 0.05) is 18.5 Å². The molecule has 2 atom stereocenters. The van der Waals surface area contributed by atoms with Crippen LogP contribution in [-0.4, -0.2) is 53.3 Å². The molecule has 0 aliphatic rings. The number of aromatic nitrogens is 1. The molecule has 3 amide bonds. The second-order valence-electron chi connectivity index (χ2n) is 8.09. The third kappa shape index (κ3) is 7.02. The van der Waals surface area contributed by atoms with Gasteiger partial charge in [-0.3, -0.25) is 19.4 Å². The Labute approximate surface area is 204 Å². The second kappa shape index (κ2) is 12.5. The number of fused-ring (bicyclic) bond motifs is 1. The lowest BCUT2D eigenvalue weighted by molar-refractivity contribution is -0.134. The fourth-order valence-corrected chi connectivity index (χ4v) is 3.67. The third-order valence-corrected chi connectivity index (χ3v) is 5.45. The Morgan fingerprint density at radius 3 is 2.43 bits per heavy atom. The van der Waals surface area contributed by atoms with E-state index in [4.69, 9.17) is 11.5 Å². The molecule has 0 aliphatic heterocycles. The van der Waals surface area contributed by atoms with Crippen LogP contribution in [0.3, 0.4) is 0 Å². The average Bonchev–Trinajstić information content (AvgIpc) is 2.87. The van der Waals surface area contributed by atoms with Gasteiger partial charge < -0.3 is 27.0 Å². The van der Waals surface area contributed by atoms with E-state index < -0.39 is 23.9 Å². The van der Waals surface area contributed by atoms with Crippen LogP contribution in [0.5, 0.6) is 0 Å². The first kappa shape index (κ1) is 25.7. The molecule has 1 aromatic heterocycles. The van der Waals surface area contributed by atoms with Crippen LogP contribution in [0.25, 0.3) is 10.9 Å². The van der Waals surface area contributed by atoms with Gasteiger partial charge in [0.25, 0.3) is 5.91 Å². The summed E-state index contributed by atoms with van der Waals surface area (Å²) in [7, 11) is 0. The largest absolute Gasteiger partial charge is 0.339 e. The lowest BCUT2D eigenvalue weighted by Gasteiger charge is -2.24. The molecule has 0 saturated heterocycles. The quantitative estimate of drug-likeness (QED) is 0.311. The first-order chi connectivity index (χ1) is 16.9. The minimum absolute atomic E-state index is 0.205. The number of anilines is 1. The van der Waals surface area contributed by atoms with Crippen LogP contribution in [0, 0.1) is 6.92 Å². The maximum atomic E-state index is 13.2. The number of para-hydroxylation sites is 1. The van der Waals surface area contributed by atoms with Crippen molar-refractivity contribution in [1.29, 1.82) is 0 Å². The number of nitrogens with one attached hydrogen (secondary N) is 2. The molecular weight excluding hydrogens is 444 g/mol. The Bertz CT molecular complexity index is 1150. The lowest BCUT2D eigenvalue weighted by atomic mass is 10.0. The highest BCUT2D eigenvalue weighted by molar-refractivity contribution is 6.00. The van der Waals surface area contributed by atoms with Crippen molar-refractivity contribution in [1.82, 2.24) is 15.2 Å². The van der Waals surface area contributed by atoms with E-state index in [1.807, 2.05) is 36.4 Å². The number of benzene rings is 2. The number of carbonyl (C=O) groups is 3. The van der Waals surface area contributed by atoms with Crippen LogP contribution in [-0.2, 0) is 14.4 Å². The summed E-state index contributed by atoms with van der Waals surface area (Å²) in [6.07, 6.45) is 1.87. The molecule has 6 N–H and O–H groups in total. The Morgan fingerprint density at radius 1 is 1.00 bits per heavy atom. The molecule has 3 aromatic rings. The van der Waals surface area contributed by atoms with Gasteiger partial charge in [-0.2, -0.15) is 0 Å². The number of carbonyl (C=O) groups excluding carboxylic acids is 3. The van der Waals surface area contributed by atoms with E-state index in [2.05, 4.69) is 22.5 Å². The number of rotatable bonds is 11. The standard InChI is InChI=1S/C26H30N6O3/c1-2-13-32(14-12-27)23(33)16-21(28)25(34)31-24(18-8-4-3-5-9-18)26(35)30-20-15-19-10-6-7-11-22(19)29-17-20/h3-11,15,17,21,24H,1-2,12-14,16,27-28H2,(H-,30,31,34,35)/p+1. The van der Waals surface area contributed by atoms with Gasteiger partial charge in [-0.1, -0.05) is 48.5 Å². The molecular formula is C26H31N6O3+. The number of hydrogen-bond acceptors (Lipinski definition) is 6. The van der Waals surface area contributed by atoms with E-state index in [9.17, 15) is 14.4 Å². The number of pyridine rings is 1. The van der Waals surface area contributed by atoms with Crippen molar-refractivity contribution < 1.29 is 14.4 Å². The van der Waals surface area contributed by atoms with Gasteiger partial charge in [-0.15, -0.1) is 0 Å². The smallest absolute Gasteiger partial charge is 0.251 e. The van der Waals surface area contributed by atoms with E-state index in [-0.39, 0.29) is 12.3 Å². The number of nitrogens with two attached hydrogens (primary N) is 2. The summed E-state index contributed by atoms with van der Waals surface area (Å²) in [5, 5.41) is 6.38. The zero-order chi connectivity index (χ0) is 25.2. The van der Waals surface area contributed by atoms with Crippen molar-refractivity contribution in [3.63, 3.8) is 0 Å². The number of nitrogens with zero attached hydrogens (tertiary/aromatic N) is 2. The fraction of sp³-hybridized carbons (Fsp3) is 0.269. The number of amides is 3. The second-order valence-corrected chi connectivity index (χ2v) is 8.09. The molecule has 2 unspecified atom stereocenters. The molecule has 0 bridgehead atoms. The van der Waals surface area contributed by atoms with E-state index in [1.54, 1.807) is 30.5 Å². The number of hydrogen-bond donors (Lipinski definition) is 4.